The summed E-state index contributed by atoms with van der Waals surface area (Å²) in [4.78, 5) is 49.6. The Morgan fingerprint density at radius 3 is 1.25 bits per heavy atom. The molecule has 7 aliphatic rings. The van der Waals surface area contributed by atoms with Gasteiger partial charge in [-0.3, -0.25) is 9.69 Å². The van der Waals surface area contributed by atoms with Gasteiger partial charge in [-0.05, 0) is 266 Å². The average molecular weight is 1830 g/mol. The average Bonchev–Trinajstić information content (AvgIpc) is 0.725. The Balaban J connectivity index is 0.000000197. The fraction of sp³-hybridized carbons (Fsp3) is 0.410. The number of hydrogen-bond acceptors (Lipinski definition) is 20. The summed E-state index contributed by atoms with van der Waals surface area (Å²) < 4.78 is 45.4. The van der Waals surface area contributed by atoms with E-state index in [-0.39, 0.29) is 49.5 Å². The lowest BCUT2D eigenvalue weighted by Crippen LogP contribution is -2.47. The summed E-state index contributed by atoms with van der Waals surface area (Å²) in [6.45, 7) is 22.2. The molecule has 10 aromatic rings. The van der Waals surface area contributed by atoms with E-state index in [1.54, 1.807) is 43.6 Å². The number of piperidine rings is 1. The second kappa shape index (κ2) is 50.2. The first-order valence-electron chi connectivity index (χ1n) is 43.1. The van der Waals surface area contributed by atoms with Gasteiger partial charge in [0, 0.05) is 146 Å². The number of alkyl halides is 3. The number of anilines is 10. The number of ketones is 1. The molecule has 2 fully saturated rings. The number of piperazine rings is 1. The standard InChI is InChI=1S/C22H26F3N3OS.C21H26N2S.C19H21N3S.C19H24N2OS.C19H22N2OS.5CH4/c23-22(24,25)17-6-7-21-19(16-17)28(18-4-1-2-5-20(18)30-21)9-3-8-26-10-12-27(13-11-26)14-15-29;1-22-14-6-8-17(16-22)9-7-15-23-18-10-2-4-12-20(18)24-21-13-5-3-11-19(21)23;1-14(12-21(2)3)13-22-16-6-4-5-7-18(16)23-19-9-8-15(11-20)10-17(19)22;1-14(12-20(2)3)13-21-16-7-5-6-8-18(16)23-19-10-9-15(22-4)11-17(19)21;1-14(22)15-9-10-19-17(13-15)21(12-6-11-20(2)3)16-7-4-5-8-18(16)23-19;;;;;/h1-2,4-7,16,29H,3,8-15H2;2-5,10-13,17H,6-9,14-16H2,1H3;4-10,14H,12-13H2,1-3H3;5-11,14H,12-13H2,1-4H3;4-5,7-10,13H,6,11-12H2,1-3H3;5*1H4. The van der Waals surface area contributed by atoms with E-state index >= 15 is 0 Å². The number of fused-ring (bicyclic) bond motifs is 10. The van der Waals surface area contributed by atoms with Gasteiger partial charge in [-0.15, -0.1) is 0 Å². The predicted molar refractivity (Wildman–Crippen MR) is 543 cm³/mol. The minimum absolute atomic E-state index is 0. The number of halogens is 3. The molecule has 7 heterocycles. The number of para-hydroxylation sites is 6. The number of benzene rings is 10. The van der Waals surface area contributed by atoms with Crippen molar-refractivity contribution in [3.63, 3.8) is 0 Å². The minimum atomic E-state index is -4.35. The van der Waals surface area contributed by atoms with E-state index in [1.165, 1.54) is 136 Å². The van der Waals surface area contributed by atoms with Crippen LogP contribution in [0.15, 0.2) is 267 Å². The van der Waals surface area contributed by atoms with Crippen LogP contribution in [0.4, 0.5) is 70.0 Å². The maximum atomic E-state index is 13.3. The Kier molecular flexibility index (Phi) is 41.1. The first kappa shape index (κ1) is 105. The van der Waals surface area contributed by atoms with Gasteiger partial charge in [0.25, 0.3) is 0 Å². The van der Waals surface area contributed by atoms with Gasteiger partial charge in [0.2, 0.25) is 0 Å². The quantitative estimate of drug-likeness (QED) is 0.0580. The lowest BCUT2D eigenvalue weighted by molar-refractivity contribution is -0.137. The van der Waals surface area contributed by atoms with E-state index in [1.807, 2.05) is 83.0 Å². The molecular weight excluding hydrogens is 1690 g/mol. The Hall–Kier alpha value is -8.58. The highest BCUT2D eigenvalue weighted by Gasteiger charge is 2.35. The Morgan fingerprint density at radius 2 is 0.836 bits per heavy atom. The van der Waals surface area contributed by atoms with Crippen LogP contribution >= 0.6 is 58.8 Å². The molecule has 0 spiro atoms. The number of nitriles is 1. The third-order valence-corrected chi connectivity index (χ3v) is 28.5. The van der Waals surface area contributed by atoms with Crippen LogP contribution in [-0.4, -0.2) is 208 Å². The Bertz CT molecular complexity index is 5170. The first-order valence-corrected chi connectivity index (χ1v) is 47.2. The molecule has 0 radical (unpaired) electrons. The number of methoxy groups -OCH3 is 1. The Morgan fingerprint density at radius 1 is 0.461 bits per heavy atom. The van der Waals surface area contributed by atoms with E-state index in [0.29, 0.717) is 36.2 Å². The third-order valence-electron chi connectivity index (χ3n) is 22.9. The number of carbonyl (C=O) groups is 1. The number of Topliss-reactive ketones (excluding diaryl/α,β-unsaturated/α-hetero) is 1. The molecule has 7 aliphatic heterocycles. The number of β-amino-alcohol motifs (C(OH)–C–C–N with tert-alkyl or cyclic N) is 1. The second-order valence-electron chi connectivity index (χ2n) is 33.6. The van der Waals surface area contributed by atoms with Crippen LogP contribution in [-0.2, 0) is 6.18 Å². The topological polar surface area (TPSA) is 106 Å². The summed E-state index contributed by atoms with van der Waals surface area (Å²) in [7, 11) is 16.7. The van der Waals surface area contributed by atoms with Crippen LogP contribution in [0.3, 0.4) is 0 Å². The molecule has 0 bridgehead atoms. The number of aliphatic hydroxyl groups is 1. The number of rotatable bonds is 24. The number of ether oxygens (including phenoxy) is 1. The highest BCUT2D eigenvalue weighted by Crippen LogP contribution is 2.54. The second-order valence-corrected chi connectivity index (χ2v) is 39.0. The van der Waals surface area contributed by atoms with Gasteiger partial charge in [0.15, 0.2) is 5.78 Å². The fourth-order valence-corrected chi connectivity index (χ4v) is 22.6. The number of likely N-dealkylation sites (tertiary alicyclic amines) is 1. The van der Waals surface area contributed by atoms with Gasteiger partial charge >= 0.3 is 6.18 Å². The molecule has 2 saturated heterocycles. The molecule has 128 heavy (non-hydrogen) atoms. The van der Waals surface area contributed by atoms with Gasteiger partial charge in [-0.25, -0.2) is 0 Å². The van der Waals surface area contributed by atoms with E-state index in [4.69, 9.17) is 9.84 Å². The van der Waals surface area contributed by atoms with Crippen LogP contribution < -0.4 is 29.2 Å². The number of nitrogens with zero attached hydrogens (tertiary/aromatic N) is 12. The van der Waals surface area contributed by atoms with Crippen molar-refractivity contribution in [1.29, 1.82) is 5.26 Å². The largest absolute Gasteiger partial charge is 0.497 e. The van der Waals surface area contributed by atoms with Crippen LogP contribution in [0.25, 0.3) is 0 Å². The number of hydrogen-bond donors (Lipinski definition) is 1. The molecule has 3 unspecified atom stereocenters. The minimum Gasteiger partial charge on any atom is -0.497 e. The summed E-state index contributed by atoms with van der Waals surface area (Å²) in [5.74, 6) is 3.01. The van der Waals surface area contributed by atoms with E-state index in [2.05, 4.69) is 264 Å². The maximum Gasteiger partial charge on any atom is 0.416 e. The van der Waals surface area contributed by atoms with Gasteiger partial charge in [0.1, 0.15) is 5.75 Å². The van der Waals surface area contributed by atoms with Crippen LogP contribution in [0.2, 0.25) is 0 Å². The molecule has 0 aromatic heterocycles. The summed E-state index contributed by atoms with van der Waals surface area (Å²) in [5, 5.41) is 18.3. The van der Waals surface area contributed by atoms with Crippen molar-refractivity contribution in [2.45, 2.75) is 152 Å². The van der Waals surface area contributed by atoms with Crippen LogP contribution in [0.1, 0.15) is 118 Å². The number of aliphatic hydroxyl groups excluding tert-OH is 1. The van der Waals surface area contributed by atoms with Crippen molar-refractivity contribution < 1.29 is 27.8 Å². The van der Waals surface area contributed by atoms with Crippen LogP contribution in [0.5, 0.6) is 5.75 Å². The summed E-state index contributed by atoms with van der Waals surface area (Å²) in [6.07, 6.45) is 2.99. The van der Waals surface area contributed by atoms with Crippen molar-refractivity contribution in [2.75, 3.05) is 192 Å². The van der Waals surface area contributed by atoms with Gasteiger partial charge < -0.3 is 58.8 Å². The molecule has 0 saturated carbocycles. The molecule has 1 N–H and O–H groups in total. The van der Waals surface area contributed by atoms with Gasteiger partial charge in [-0.2, -0.15) is 18.4 Å². The smallest absolute Gasteiger partial charge is 0.416 e. The maximum absolute atomic E-state index is 13.3. The molecule has 15 nitrogen and oxygen atoms in total. The lowest BCUT2D eigenvalue weighted by atomic mass is 9.93. The zero-order valence-electron chi connectivity index (χ0n) is 73.1. The molecule has 688 valence electrons. The molecule has 10 aromatic carbocycles. The summed E-state index contributed by atoms with van der Waals surface area (Å²) >= 11 is 8.83. The highest BCUT2D eigenvalue weighted by atomic mass is 32.2. The van der Waals surface area contributed by atoms with E-state index < -0.39 is 11.7 Å². The van der Waals surface area contributed by atoms with E-state index in [9.17, 15) is 23.2 Å². The SMILES string of the molecule is C.C.C.C.C.CC(=O)c1ccc2c(c1)N(CCCN(C)C)c1ccccc1S2.CC(CN(C)C)CN1c2ccccc2Sc2ccc(C#N)cc21.CN1CCCC(CCCN2c3ccccc3Sc3ccccc32)C1.COc1ccc2c(c1)N(CC(C)CN(C)C)c1ccccc1S2.OCCN1CCN(CCCN2c3ccccc3Sc3ccc(C(F)(F)F)cc32)CC1. The zero-order chi connectivity index (χ0) is 86.7. The molecule has 17 rings (SSSR count). The molecule has 0 amide bonds. The molecule has 23 heteroatoms. The third kappa shape index (κ3) is 27.5. The van der Waals surface area contributed by atoms with E-state index in [0.717, 1.165) is 135 Å². The highest BCUT2D eigenvalue weighted by molar-refractivity contribution is 8.00. The zero-order valence-corrected chi connectivity index (χ0v) is 77.2. The lowest BCUT2D eigenvalue weighted by Gasteiger charge is -2.36. The van der Waals surface area contributed by atoms with Crippen molar-refractivity contribution in [2.24, 2.45) is 17.8 Å². The van der Waals surface area contributed by atoms with Gasteiger partial charge in [-0.1, -0.05) is 189 Å². The van der Waals surface area contributed by atoms with Crippen LogP contribution in [0, 0.1) is 29.1 Å². The number of carbonyl (C=O) groups excluding carboxylic acids is 1. The first-order chi connectivity index (χ1) is 59.5. The molecule has 0 aliphatic carbocycles. The van der Waals surface area contributed by atoms with Crippen molar-refractivity contribution in [1.82, 2.24) is 29.4 Å². The molecular formula is C105H139F3N12O3S5. The monoisotopic (exact) mass is 1830 g/mol. The Labute approximate surface area is 786 Å². The predicted octanol–water partition coefficient (Wildman–Crippen LogP) is 26.2. The molecule has 3 atom stereocenters. The fourth-order valence-electron chi connectivity index (χ4n) is 17.2. The van der Waals surface area contributed by atoms with Crippen molar-refractivity contribution in [3.8, 4) is 11.8 Å². The normalized spacial score (nSPS) is 15.4. The van der Waals surface area contributed by atoms with Crippen molar-refractivity contribution in [3.05, 3.63) is 235 Å². The summed E-state index contributed by atoms with van der Waals surface area (Å²) in [6, 6.07) is 75.9. The summed E-state index contributed by atoms with van der Waals surface area (Å²) in [5.41, 5.74) is 12.6. The van der Waals surface area contributed by atoms with Crippen molar-refractivity contribution >= 4 is 121 Å². The van der Waals surface area contributed by atoms with Gasteiger partial charge in [0.05, 0.1) is 87.8 Å².